The van der Waals surface area contributed by atoms with Crippen molar-refractivity contribution in [2.75, 3.05) is 27.2 Å². The Morgan fingerprint density at radius 3 is 2.58 bits per heavy atom. The molecule has 1 atom stereocenters. The van der Waals surface area contributed by atoms with E-state index in [4.69, 9.17) is 0 Å². The lowest BCUT2D eigenvalue weighted by atomic mass is 10.1. The van der Waals surface area contributed by atoms with Crippen molar-refractivity contribution < 1.29 is 19.3 Å². The van der Waals surface area contributed by atoms with Gasteiger partial charge in [-0.15, -0.1) is 0 Å². The normalized spacial score (nSPS) is 20.5. The number of rotatable bonds is 4. The highest BCUT2D eigenvalue weighted by Gasteiger charge is 2.51. The molecule has 1 saturated heterocycles. The number of hydrogen-bond acceptors (Lipinski definition) is 5. The average molecular weight is 330 g/mol. The number of nitrogens with one attached hydrogen (secondary N) is 1. The number of nitrogens with zero attached hydrogens (tertiary/aromatic N) is 4. The molecule has 0 spiro atoms. The smallest absolute Gasteiger partial charge is 0.390 e. The van der Waals surface area contributed by atoms with Crippen molar-refractivity contribution in [2.24, 2.45) is 4.99 Å². The van der Waals surface area contributed by atoms with Crippen LogP contribution < -0.4 is 5.32 Å². The van der Waals surface area contributed by atoms with Crippen LogP contribution in [0.1, 0.15) is 5.56 Å². The number of fused-ring (bicyclic) bond motifs is 1. The lowest BCUT2D eigenvalue weighted by Crippen LogP contribution is -2.61. The minimum Gasteiger partial charge on any atom is -0.393 e. The largest absolute Gasteiger partial charge is 0.393 e. The van der Waals surface area contributed by atoms with E-state index < -0.39 is 12.1 Å². The SMILES string of the molecule is CN1C(=O)C2C(=NC(NCc3ccccc3)=[N+]2CCO)N(C)C1=O. The van der Waals surface area contributed by atoms with E-state index in [1.165, 1.54) is 11.9 Å². The zero-order chi connectivity index (χ0) is 17.3. The van der Waals surface area contributed by atoms with E-state index in [1.807, 2.05) is 30.3 Å². The van der Waals surface area contributed by atoms with E-state index in [1.54, 1.807) is 11.6 Å². The number of guanidine groups is 1. The molecule has 0 saturated carbocycles. The predicted octanol–water partition coefficient (Wildman–Crippen LogP) is -0.558. The minimum absolute atomic E-state index is 0.121. The van der Waals surface area contributed by atoms with Gasteiger partial charge in [-0.1, -0.05) is 35.3 Å². The van der Waals surface area contributed by atoms with E-state index in [0.717, 1.165) is 10.5 Å². The quantitative estimate of drug-likeness (QED) is 0.725. The fraction of sp³-hybridized carbons (Fsp3) is 0.375. The van der Waals surface area contributed by atoms with Crippen LogP contribution >= 0.6 is 0 Å². The Morgan fingerprint density at radius 1 is 1.21 bits per heavy atom. The number of aliphatic imine (C=N–C) groups is 1. The lowest BCUT2D eigenvalue weighted by molar-refractivity contribution is -0.539. The number of urea groups is 1. The summed E-state index contributed by atoms with van der Waals surface area (Å²) in [5.74, 6) is 0.519. The van der Waals surface area contributed by atoms with E-state index in [-0.39, 0.29) is 19.1 Å². The molecule has 2 aliphatic rings. The highest BCUT2D eigenvalue weighted by molar-refractivity contribution is 6.22. The number of amidine groups is 1. The van der Waals surface area contributed by atoms with Gasteiger partial charge in [0.05, 0.1) is 19.7 Å². The summed E-state index contributed by atoms with van der Waals surface area (Å²) in [5.41, 5.74) is 1.07. The van der Waals surface area contributed by atoms with Gasteiger partial charge in [0.1, 0.15) is 0 Å². The molecular weight excluding hydrogens is 310 g/mol. The van der Waals surface area contributed by atoms with Crippen molar-refractivity contribution in [3.8, 4) is 0 Å². The summed E-state index contributed by atoms with van der Waals surface area (Å²) < 4.78 is 1.69. The standard InChI is InChI=1S/C16H19N5O3/c1-19-13-12(14(23)20(2)16(19)24)21(8-9-22)15(18-13)17-10-11-6-4-3-5-7-11/h3-7,12,22H,8-10H2,1-2H3/p+1. The van der Waals surface area contributed by atoms with Crippen LogP contribution in [0, 0.1) is 0 Å². The molecule has 0 aliphatic carbocycles. The van der Waals surface area contributed by atoms with Crippen LogP contribution in [0.2, 0.25) is 0 Å². The Kier molecular flexibility index (Phi) is 4.30. The van der Waals surface area contributed by atoms with E-state index in [2.05, 4.69) is 10.3 Å². The lowest BCUT2D eigenvalue weighted by Gasteiger charge is -2.31. The number of amides is 3. The first-order valence-electron chi connectivity index (χ1n) is 7.70. The number of aliphatic hydroxyl groups excluding tert-OH is 1. The first-order valence-corrected chi connectivity index (χ1v) is 7.70. The second-order valence-electron chi connectivity index (χ2n) is 5.69. The zero-order valence-electron chi connectivity index (χ0n) is 13.6. The summed E-state index contributed by atoms with van der Waals surface area (Å²) in [4.78, 5) is 31.5. The number of hydrogen-bond donors (Lipinski definition) is 2. The van der Waals surface area contributed by atoms with Crippen LogP contribution in [0.25, 0.3) is 0 Å². The van der Waals surface area contributed by atoms with Crippen molar-refractivity contribution in [2.45, 2.75) is 12.6 Å². The monoisotopic (exact) mass is 330 g/mol. The first-order chi connectivity index (χ1) is 11.5. The van der Waals surface area contributed by atoms with Gasteiger partial charge in [-0.25, -0.2) is 9.37 Å². The zero-order valence-corrected chi connectivity index (χ0v) is 13.6. The number of carbonyl (C=O) groups excluding carboxylic acids is 2. The van der Waals surface area contributed by atoms with Gasteiger partial charge in [0.15, 0.2) is 0 Å². The van der Waals surface area contributed by atoms with Gasteiger partial charge in [0.25, 0.3) is 5.91 Å². The molecule has 0 bridgehead atoms. The molecule has 8 heteroatoms. The average Bonchev–Trinajstić information content (AvgIpc) is 2.96. The molecule has 1 unspecified atom stereocenters. The van der Waals surface area contributed by atoms with Crippen LogP contribution in [0.4, 0.5) is 4.79 Å². The van der Waals surface area contributed by atoms with Gasteiger partial charge in [-0.05, 0) is 5.56 Å². The number of aliphatic hydroxyl groups is 1. The van der Waals surface area contributed by atoms with Gasteiger partial charge in [-0.3, -0.25) is 19.9 Å². The van der Waals surface area contributed by atoms with Gasteiger partial charge in [0.2, 0.25) is 11.9 Å². The second-order valence-corrected chi connectivity index (χ2v) is 5.69. The predicted molar refractivity (Wildman–Crippen MR) is 87.7 cm³/mol. The number of β-amino-alcohol motifs (C(OH)–C–C–N with tert-alkyl or cyclic N) is 1. The summed E-state index contributed by atoms with van der Waals surface area (Å²) in [5, 5.41) is 12.5. The van der Waals surface area contributed by atoms with Crippen molar-refractivity contribution in [3.63, 3.8) is 0 Å². The second kappa shape index (κ2) is 6.40. The molecular formula is C16H20N5O3+. The molecule has 126 valence electrons. The summed E-state index contributed by atoms with van der Waals surface area (Å²) in [6, 6.07) is 8.68. The number of benzene rings is 1. The van der Waals surface area contributed by atoms with Crippen molar-refractivity contribution >= 4 is 23.7 Å². The van der Waals surface area contributed by atoms with Crippen LogP contribution in [0.5, 0.6) is 0 Å². The number of imide groups is 1. The van der Waals surface area contributed by atoms with Crippen molar-refractivity contribution in [1.82, 2.24) is 15.1 Å². The van der Waals surface area contributed by atoms with Gasteiger partial charge in [0, 0.05) is 14.1 Å². The Morgan fingerprint density at radius 2 is 1.92 bits per heavy atom. The maximum atomic E-state index is 12.5. The number of likely N-dealkylation sites (N-methyl/N-ethyl adjacent to an activating group) is 2. The topological polar surface area (TPSA) is 88.2 Å². The minimum atomic E-state index is -0.692. The molecule has 2 heterocycles. The summed E-state index contributed by atoms with van der Waals surface area (Å²) >= 11 is 0. The molecule has 2 N–H and O–H groups in total. The van der Waals surface area contributed by atoms with E-state index in [0.29, 0.717) is 18.3 Å². The Balaban J connectivity index is 1.89. The fourth-order valence-electron chi connectivity index (χ4n) is 2.86. The van der Waals surface area contributed by atoms with Gasteiger partial charge in [-0.2, -0.15) is 0 Å². The van der Waals surface area contributed by atoms with Crippen molar-refractivity contribution in [1.29, 1.82) is 0 Å². The Labute approximate surface area is 139 Å². The van der Waals surface area contributed by atoms with Gasteiger partial charge < -0.3 is 5.11 Å². The molecule has 1 aromatic rings. The molecule has 1 aromatic carbocycles. The maximum absolute atomic E-state index is 12.5. The van der Waals surface area contributed by atoms with E-state index >= 15 is 0 Å². The first kappa shape index (κ1) is 16.1. The fourth-order valence-corrected chi connectivity index (χ4v) is 2.86. The molecule has 3 amide bonds. The Bertz CT molecular complexity index is 728. The molecule has 3 rings (SSSR count). The van der Waals surface area contributed by atoms with Crippen LogP contribution in [0.15, 0.2) is 35.3 Å². The third-order valence-electron chi connectivity index (χ3n) is 4.17. The molecule has 8 nitrogen and oxygen atoms in total. The summed E-state index contributed by atoms with van der Waals surface area (Å²) in [6.07, 6.45) is 0. The van der Waals surface area contributed by atoms with Crippen LogP contribution in [0.3, 0.4) is 0 Å². The van der Waals surface area contributed by atoms with Gasteiger partial charge >= 0.3 is 12.0 Å². The molecule has 0 radical (unpaired) electrons. The molecule has 1 fully saturated rings. The highest BCUT2D eigenvalue weighted by Crippen LogP contribution is 2.18. The molecule has 0 aromatic heterocycles. The van der Waals surface area contributed by atoms with E-state index in [9.17, 15) is 14.7 Å². The third-order valence-corrected chi connectivity index (χ3v) is 4.17. The third kappa shape index (κ3) is 2.65. The maximum Gasteiger partial charge on any atom is 0.390 e. The summed E-state index contributed by atoms with van der Waals surface area (Å²) in [7, 11) is 3.04. The highest BCUT2D eigenvalue weighted by atomic mass is 16.3. The van der Waals surface area contributed by atoms with Crippen LogP contribution in [-0.2, 0) is 11.3 Å². The van der Waals surface area contributed by atoms with Crippen LogP contribution in [-0.4, -0.2) is 76.5 Å². The van der Waals surface area contributed by atoms with Crippen molar-refractivity contribution in [3.05, 3.63) is 35.9 Å². The number of carbonyl (C=O) groups is 2. The molecule has 2 aliphatic heterocycles. The summed E-state index contributed by atoms with van der Waals surface area (Å²) in [6.45, 7) is 0.657. The molecule has 24 heavy (non-hydrogen) atoms. The Hall–Kier alpha value is -2.74.